The maximum absolute atomic E-state index is 12.5. The van der Waals surface area contributed by atoms with Crippen LogP contribution < -0.4 is 61.6 Å². The van der Waals surface area contributed by atoms with Crippen LogP contribution in [-0.4, -0.2) is 13.6 Å². The van der Waals surface area contributed by atoms with Crippen LogP contribution in [0, 0.1) is 0 Å². The second-order valence-corrected chi connectivity index (χ2v) is 5.05. The summed E-state index contributed by atoms with van der Waals surface area (Å²) in [5, 5.41) is 0. The second-order valence-electron chi connectivity index (χ2n) is 5.05. The van der Waals surface area contributed by atoms with Gasteiger partial charge >= 0.3 is 58.4 Å². The van der Waals surface area contributed by atoms with Crippen LogP contribution in [0.3, 0.4) is 0 Å². The summed E-state index contributed by atoms with van der Waals surface area (Å²) in [6, 6.07) is 13.1. The minimum atomic E-state index is -4.93. The van der Waals surface area contributed by atoms with Crippen molar-refractivity contribution in [2.45, 2.75) is 12.3 Å². The van der Waals surface area contributed by atoms with Gasteiger partial charge in [-0.15, -0.1) is 5.46 Å². The molecule has 0 radical (unpaired) electrons. The van der Waals surface area contributed by atoms with Gasteiger partial charge in [-0.2, -0.15) is 0 Å². The minimum absolute atomic E-state index is 0. The normalized spacial score (nSPS) is 16.4. The number of rotatable bonds is 4. The molecule has 1 unspecified atom stereocenters. The molecule has 1 aliphatic carbocycles. The predicted octanol–water partition coefficient (Wildman–Crippen LogP) is 0.464. The molecule has 2 aromatic rings. The quantitative estimate of drug-likeness (QED) is 0.745. The van der Waals surface area contributed by atoms with Gasteiger partial charge in [-0.05, 0) is 29.7 Å². The molecule has 104 valence electrons. The fourth-order valence-electron chi connectivity index (χ4n) is 2.49. The zero-order chi connectivity index (χ0) is 14.2. The molecule has 0 bridgehead atoms. The first-order valence-corrected chi connectivity index (χ1v) is 6.54. The number of fused-ring (bicyclic) bond motifs is 1. The first kappa shape index (κ1) is 17.1. The summed E-state index contributed by atoms with van der Waals surface area (Å²) in [7, 11) is 0. The smallest absolute Gasteiger partial charge is 0.493 e. The molecule has 1 aliphatic rings. The van der Waals surface area contributed by atoms with Crippen molar-refractivity contribution in [2.24, 2.45) is 0 Å². The van der Waals surface area contributed by atoms with Crippen molar-refractivity contribution in [3.8, 4) is 5.75 Å². The maximum atomic E-state index is 12.5. The van der Waals surface area contributed by atoms with Gasteiger partial charge in [0, 0.05) is 5.92 Å². The molecule has 3 rings (SSSR count). The average molecular weight is 316 g/mol. The summed E-state index contributed by atoms with van der Waals surface area (Å²) in [5.41, 5.74) is 2.02. The number of halogens is 3. The largest absolute Gasteiger partial charge is 1.00 e. The zero-order valence-corrected chi connectivity index (χ0v) is 14.9. The van der Waals surface area contributed by atoms with Gasteiger partial charge in [-0.25, -0.2) is 0 Å². The molecule has 0 saturated carbocycles. The van der Waals surface area contributed by atoms with Crippen molar-refractivity contribution in [3.05, 3.63) is 59.7 Å². The molecular formula is C15H13BF3KO. The van der Waals surface area contributed by atoms with E-state index in [1.54, 1.807) is 0 Å². The Bertz CT molecular complexity index is 613. The Hall–Kier alpha value is -0.269. The van der Waals surface area contributed by atoms with Crippen LogP contribution in [0.25, 0.3) is 0 Å². The Morgan fingerprint density at radius 3 is 2.29 bits per heavy atom. The maximum Gasteiger partial charge on any atom is 1.00 e. The van der Waals surface area contributed by atoms with Crippen LogP contribution >= 0.6 is 0 Å². The van der Waals surface area contributed by atoms with Gasteiger partial charge in [0.15, 0.2) is 0 Å². The molecule has 21 heavy (non-hydrogen) atoms. The SMILES string of the molecule is F[B-](F)(F)c1ccc(OCC2Cc3ccccc32)cc1.[K+]. The van der Waals surface area contributed by atoms with E-state index in [1.807, 2.05) is 12.1 Å². The Morgan fingerprint density at radius 1 is 1.00 bits per heavy atom. The van der Waals surface area contributed by atoms with Crippen LogP contribution in [0.5, 0.6) is 5.75 Å². The van der Waals surface area contributed by atoms with Gasteiger partial charge in [0.25, 0.3) is 0 Å². The molecule has 0 aromatic heterocycles. The van der Waals surface area contributed by atoms with Crippen molar-refractivity contribution < 1.29 is 69.1 Å². The van der Waals surface area contributed by atoms with Gasteiger partial charge in [0.05, 0.1) is 6.61 Å². The van der Waals surface area contributed by atoms with E-state index >= 15 is 0 Å². The van der Waals surface area contributed by atoms with E-state index in [-0.39, 0.29) is 51.4 Å². The Morgan fingerprint density at radius 2 is 1.67 bits per heavy atom. The second kappa shape index (κ2) is 6.88. The summed E-state index contributed by atoms with van der Waals surface area (Å²) in [6.45, 7) is -4.42. The van der Waals surface area contributed by atoms with Crippen molar-refractivity contribution in [3.63, 3.8) is 0 Å². The van der Waals surface area contributed by atoms with Crippen molar-refractivity contribution in [1.82, 2.24) is 0 Å². The molecule has 0 spiro atoms. The molecule has 0 aliphatic heterocycles. The van der Waals surface area contributed by atoms with Gasteiger partial charge < -0.3 is 17.7 Å². The van der Waals surface area contributed by atoms with Gasteiger partial charge in [0.2, 0.25) is 0 Å². The standard InChI is InChI=1S/C15H13BF3O.K/c17-16(18,19)13-5-7-14(8-6-13)20-10-12-9-11-3-1-2-4-15(11)12;/h1-8,12H,9-10H2;/q-1;+1. The summed E-state index contributed by atoms with van der Waals surface area (Å²) < 4.78 is 43.0. The third kappa shape index (κ3) is 3.93. The molecule has 0 amide bonds. The molecule has 0 N–H and O–H groups in total. The number of ether oxygens (including phenoxy) is 1. The van der Waals surface area contributed by atoms with Crippen LogP contribution in [0.1, 0.15) is 17.0 Å². The fraction of sp³-hybridized carbons (Fsp3) is 0.200. The summed E-state index contributed by atoms with van der Waals surface area (Å²) in [4.78, 5) is 0. The van der Waals surface area contributed by atoms with Gasteiger partial charge in [-0.1, -0.05) is 36.4 Å². The van der Waals surface area contributed by atoms with E-state index < -0.39 is 12.4 Å². The third-order valence-corrected chi connectivity index (χ3v) is 3.67. The first-order chi connectivity index (χ1) is 9.54. The Kier molecular flexibility index (Phi) is 5.60. The fourth-order valence-corrected chi connectivity index (χ4v) is 2.49. The van der Waals surface area contributed by atoms with Crippen molar-refractivity contribution in [2.75, 3.05) is 6.61 Å². The van der Waals surface area contributed by atoms with Crippen molar-refractivity contribution in [1.29, 1.82) is 0 Å². The van der Waals surface area contributed by atoms with E-state index in [4.69, 9.17) is 4.74 Å². The predicted molar refractivity (Wildman–Crippen MR) is 73.5 cm³/mol. The number of hydrogen-bond donors (Lipinski definition) is 0. The third-order valence-electron chi connectivity index (χ3n) is 3.67. The number of hydrogen-bond acceptors (Lipinski definition) is 1. The molecule has 1 nitrogen and oxygen atoms in total. The molecule has 0 heterocycles. The van der Waals surface area contributed by atoms with E-state index in [2.05, 4.69) is 12.1 Å². The topological polar surface area (TPSA) is 9.23 Å². The van der Waals surface area contributed by atoms with Crippen LogP contribution in [0.4, 0.5) is 12.9 Å². The summed E-state index contributed by atoms with van der Waals surface area (Å²) >= 11 is 0. The summed E-state index contributed by atoms with van der Waals surface area (Å²) in [6.07, 6.45) is 0.972. The molecule has 0 fully saturated rings. The van der Waals surface area contributed by atoms with Crippen LogP contribution in [0.15, 0.2) is 48.5 Å². The van der Waals surface area contributed by atoms with Crippen LogP contribution in [-0.2, 0) is 6.42 Å². The van der Waals surface area contributed by atoms with E-state index in [9.17, 15) is 12.9 Å². The Balaban J connectivity index is 0.00000161. The molecule has 6 heteroatoms. The van der Waals surface area contributed by atoms with Crippen LogP contribution in [0.2, 0.25) is 0 Å². The van der Waals surface area contributed by atoms with E-state index in [0.29, 0.717) is 18.3 Å². The number of benzene rings is 2. The summed E-state index contributed by atoms with van der Waals surface area (Å²) in [5.74, 6) is 0.830. The molecule has 2 aromatic carbocycles. The van der Waals surface area contributed by atoms with E-state index in [1.165, 1.54) is 23.3 Å². The zero-order valence-electron chi connectivity index (χ0n) is 11.7. The van der Waals surface area contributed by atoms with Gasteiger partial charge in [-0.3, -0.25) is 0 Å². The monoisotopic (exact) mass is 316 g/mol. The van der Waals surface area contributed by atoms with Gasteiger partial charge in [0.1, 0.15) is 5.75 Å². The minimum Gasteiger partial charge on any atom is -0.493 e. The molecular weight excluding hydrogens is 303 g/mol. The average Bonchev–Trinajstić information content (AvgIpc) is 2.39. The van der Waals surface area contributed by atoms with E-state index in [0.717, 1.165) is 18.6 Å². The Labute approximate surface area is 164 Å². The van der Waals surface area contributed by atoms with Crippen molar-refractivity contribution >= 4 is 12.4 Å². The first-order valence-electron chi connectivity index (χ1n) is 6.54. The molecule has 0 saturated heterocycles. The molecule has 1 atom stereocenters.